The molecule has 0 aliphatic heterocycles. The number of rotatable bonds is 0. The summed E-state index contributed by atoms with van der Waals surface area (Å²) in [4.78, 5) is 9.83. The van der Waals surface area contributed by atoms with Crippen LogP contribution in [0.25, 0.3) is 0 Å². The Balaban J connectivity index is 2.99. The van der Waals surface area contributed by atoms with Gasteiger partial charge in [-0.05, 0) is 0 Å². The third-order valence-corrected chi connectivity index (χ3v) is 1.77. The predicted octanol–water partition coefficient (Wildman–Crippen LogP) is 0.0682. The predicted molar refractivity (Wildman–Crippen MR) is 7.57 cm³/mol. The van der Waals surface area contributed by atoms with E-state index in [9.17, 15) is 4.79 Å². The summed E-state index contributed by atoms with van der Waals surface area (Å²) in [6.45, 7) is 0. The van der Waals surface area contributed by atoms with Gasteiger partial charge in [-0.25, -0.2) is 0 Å². The summed E-state index contributed by atoms with van der Waals surface area (Å²) in [5, 5.41) is 0. The van der Waals surface area contributed by atoms with Crippen LogP contribution in [-0.4, -0.2) is 6.16 Å². The van der Waals surface area contributed by atoms with Gasteiger partial charge in [-0.2, -0.15) is 0 Å². The van der Waals surface area contributed by atoms with Crippen molar-refractivity contribution in [3.8, 4) is 0 Å². The monoisotopic (exact) mass is 514 g/mol. The zero-order valence-electron chi connectivity index (χ0n) is 2.88. The van der Waals surface area contributed by atoms with Gasteiger partial charge in [-0.3, -0.25) is 0 Å². The van der Waals surface area contributed by atoms with Crippen LogP contribution in [0.1, 0.15) is 0 Å². The minimum atomic E-state index is -0.490. The molecule has 6 heavy (non-hydrogen) atoms. The molecule has 0 heterocycles. The summed E-state index contributed by atoms with van der Waals surface area (Å²) < 4.78 is 8.55. The summed E-state index contributed by atoms with van der Waals surface area (Å²) in [6, 6.07) is 0. The first-order valence-corrected chi connectivity index (χ1v) is 4.96. The van der Waals surface area contributed by atoms with Gasteiger partial charge in [0.25, 0.3) is 0 Å². The number of carbonyl (C=O) groups excluding carboxylic acids is 1. The van der Waals surface area contributed by atoms with E-state index in [1.54, 1.807) is 0 Å². The van der Waals surface area contributed by atoms with Crippen LogP contribution in [0.15, 0.2) is 0 Å². The van der Waals surface area contributed by atoms with E-state index in [1.165, 1.54) is 0 Å². The SMILES string of the molecule is O=C([O][Ac])[O][Ac]. The first-order valence-electron chi connectivity index (χ1n) is 1.08. The normalized spacial score (nSPS) is 7.33. The Morgan fingerprint density at radius 1 is 1.33 bits per heavy atom. The molecule has 0 rings (SSSR count). The molecule has 0 aromatic carbocycles. The summed E-state index contributed by atoms with van der Waals surface area (Å²) in [5.41, 5.74) is 0. The van der Waals surface area contributed by atoms with Gasteiger partial charge in [-0.15, -0.1) is 0 Å². The fourth-order valence-corrected chi connectivity index (χ4v) is 2.36. The van der Waals surface area contributed by atoms with Crippen LogP contribution in [0, 0.1) is 85.0 Å². The molecule has 0 aliphatic rings. The van der Waals surface area contributed by atoms with Gasteiger partial charge in [0.15, 0.2) is 0 Å². The van der Waals surface area contributed by atoms with Gasteiger partial charge in [0, 0.05) is 0 Å². The Kier molecular flexibility index (Phi) is 7.19. The Bertz CT molecular complexity index is 46.8. The average Bonchev–Trinajstić information content (AvgIpc) is 1.65. The van der Waals surface area contributed by atoms with E-state index in [2.05, 4.69) is 1.33 Å². The van der Waals surface area contributed by atoms with Gasteiger partial charge in [0.1, 0.15) is 0 Å². The number of carbonyl (C=O) groups is 1. The van der Waals surface area contributed by atoms with E-state index in [1.807, 2.05) is 0 Å². The molecule has 0 saturated carbocycles. The Morgan fingerprint density at radius 3 is 1.67 bits per heavy atom. The molecular weight excluding hydrogens is 514 g/mol. The molecule has 0 radical (unpaired) electrons. The van der Waals surface area contributed by atoms with Gasteiger partial charge < -0.3 is 0 Å². The zero-order chi connectivity index (χ0) is 4.99. The van der Waals surface area contributed by atoms with E-state index in [0.29, 0.717) is 0 Å². The summed E-state index contributed by atoms with van der Waals surface area (Å²) >= 11 is 0.267. The molecule has 0 aromatic heterocycles. The first kappa shape index (κ1) is 8.15. The fraction of sp³-hybridized carbons (Fsp3) is 0. The average molecular weight is 514 g/mol. The van der Waals surface area contributed by atoms with Crippen molar-refractivity contribution in [2.75, 3.05) is 0 Å². The second-order valence-electron chi connectivity index (χ2n) is 0.486. The molecule has 0 atom stereocenters. The minimum absolute atomic E-state index is 0.134. The zero-order valence-corrected chi connectivity index (χ0v) is 12.4. The van der Waals surface area contributed by atoms with Crippen LogP contribution in [0.2, 0.25) is 0 Å². The van der Waals surface area contributed by atoms with Crippen molar-refractivity contribution < 1.29 is 91.1 Å². The molecule has 0 amide bonds. The molecule has 0 saturated heterocycles. The fourth-order valence-electron chi connectivity index (χ4n) is 0.0278. The van der Waals surface area contributed by atoms with Crippen LogP contribution in [0.4, 0.5) is 4.79 Å². The third-order valence-electron chi connectivity index (χ3n) is 0.192. The summed E-state index contributed by atoms with van der Waals surface area (Å²) in [7, 11) is 0. The van der Waals surface area contributed by atoms with Crippen molar-refractivity contribution in [1.82, 2.24) is 0 Å². The van der Waals surface area contributed by atoms with Gasteiger partial charge >= 0.3 is 97.3 Å². The Morgan fingerprint density at radius 2 is 1.67 bits per heavy atom. The second kappa shape index (κ2) is 5.29. The van der Waals surface area contributed by atoms with Gasteiger partial charge in [0.2, 0.25) is 0 Å². The number of hydrogen-bond acceptors (Lipinski definition) is 3. The van der Waals surface area contributed by atoms with E-state index in [-0.39, 0.29) is 85.0 Å². The number of hydrogen-bond donors (Lipinski definition) is 0. The molecule has 0 bridgehead atoms. The molecule has 0 spiro atoms. The molecule has 0 aromatic rings. The maximum absolute atomic E-state index is 9.83. The maximum atomic E-state index is 9.83. The standard InChI is InChI=1S/CH2O3.2Ac/c2-1(3)4;;/h(H2,2,3,4);;/q;2*+1/p-2. The molecule has 0 fully saturated rings. The summed E-state index contributed by atoms with van der Waals surface area (Å²) in [5.74, 6) is 0. The van der Waals surface area contributed by atoms with Crippen LogP contribution >= 0.6 is 0 Å². The van der Waals surface area contributed by atoms with Gasteiger partial charge in [-0.1, -0.05) is 0 Å². The van der Waals surface area contributed by atoms with Crippen LogP contribution < -0.4 is 0 Å². The molecule has 0 unspecified atom stereocenters. The van der Waals surface area contributed by atoms with E-state index in [0.717, 1.165) is 0 Å². The first-order chi connectivity index (χ1) is 2.81. The molecule has 3 nitrogen and oxygen atoms in total. The molecule has 0 N–H and O–H groups in total. The quantitative estimate of drug-likeness (QED) is 0.460. The Hall–Kier alpha value is 2.15. The van der Waals surface area contributed by atoms with E-state index < -0.39 is 6.16 Å². The van der Waals surface area contributed by atoms with Crippen molar-refractivity contribution in [1.29, 1.82) is 0 Å². The molecular formula is CAc2O3. The molecule has 5 heteroatoms. The summed E-state index contributed by atoms with van der Waals surface area (Å²) in [6.07, 6.45) is -0.490. The molecule has 28 valence electrons. The van der Waals surface area contributed by atoms with Crippen molar-refractivity contribution in [3.05, 3.63) is 0 Å². The van der Waals surface area contributed by atoms with Crippen molar-refractivity contribution >= 4 is 6.16 Å². The van der Waals surface area contributed by atoms with Crippen molar-refractivity contribution in [2.24, 2.45) is 0 Å². The Labute approximate surface area is 94.6 Å². The van der Waals surface area contributed by atoms with E-state index in [4.69, 9.17) is 0 Å². The van der Waals surface area contributed by atoms with Gasteiger partial charge in [0.05, 0.1) is 0 Å². The van der Waals surface area contributed by atoms with E-state index >= 15 is 0 Å². The van der Waals surface area contributed by atoms with Crippen LogP contribution in [-0.2, 0) is 1.33 Å². The third kappa shape index (κ3) is 4.32. The van der Waals surface area contributed by atoms with Crippen molar-refractivity contribution in [3.63, 3.8) is 0 Å². The second-order valence-corrected chi connectivity index (χ2v) is 2.42. The molecule has 0 aliphatic carbocycles. The van der Waals surface area contributed by atoms with Crippen molar-refractivity contribution in [2.45, 2.75) is 0 Å². The topological polar surface area (TPSA) is 35.5 Å². The van der Waals surface area contributed by atoms with Crippen LogP contribution in [0.5, 0.6) is 0 Å². The van der Waals surface area contributed by atoms with Crippen LogP contribution in [0.3, 0.4) is 0 Å².